The number of benzene rings is 1. The number of hydrogen-bond donors (Lipinski definition) is 2. The van der Waals surface area contributed by atoms with Crippen molar-refractivity contribution in [2.24, 2.45) is 0 Å². The molecular weight excluding hydrogens is 315 g/mol. The van der Waals surface area contributed by atoms with Crippen LogP contribution in [0.4, 0.5) is 9.18 Å². The SMILES string of the molecule is COC(=O)C1=C(C)NC(=O)N[C@H]1c1ccc(-c2ccc(F)cc2)o1. The molecule has 1 aromatic carbocycles. The van der Waals surface area contributed by atoms with Gasteiger partial charge in [0.2, 0.25) is 0 Å². The summed E-state index contributed by atoms with van der Waals surface area (Å²) in [6.07, 6.45) is 0. The maximum absolute atomic E-state index is 13.0. The average Bonchev–Trinajstić information content (AvgIpc) is 3.04. The van der Waals surface area contributed by atoms with Gasteiger partial charge in [0.25, 0.3) is 0 Å². The van der Waals surface area contributed by atoms with E-state index in [4.69, 9.17) is 9.15 Å². The minimum Gasteiger partial charge on any atom is -0.466 e. The molecule has 0 fully saturated rings. The highest BCUT2D eigenvalue weighted by molar-refractivity contribution is 5.94. The minimum absolute atomic E-state index is 0.261. The second-order valence-corrected chi connectivity index (χ2v) is 5.27. The molecule has 1 aromatic heterocycles. The molecule has 0 saturated heterocycles. The molecule has 0 bridgehead atoms. The van der Waals surface area contributed by atoms with Gasteiger partial charge >= 0.3 is 12.0 Å². The molecule has 1 aliphatic rings. The van der Waals surface area contributed by atoms with Crippen LogP contribution in [0.25, 0.3) is 11.3 Å². The summed E-state index contributed by atoms with van der Waals surface area (Å²) in [6, 6.07) is 7.97. The number of carbonyl (C=O) groups is 2. The summed E-state index contributed by atoms with van der Waals surface area (Å²) in [7, 11) is 1.27. The summed E-state index contributed by atoms with van der Waals surface area (Å²) in [6.45, 7) is 1.61. The van der Waals surface area contributed by atoms with Gasteiger partial charge in [0.05, 0.1) is 12.7 Å². The molecule has 24 heavy (non-hydrogen) atoms. The van der Waals surface area contributed by atoms with E-state index in [2.05, 4.69) is 10.6 Å². The highest BCUT2D eigenvalue weighted by atomic mass is 19.1. The molecule has 0 radical (unpaired) electrons. The van der Waals surface area contributed by atoms with Crippen molar-refractivity contribution >= 4 is 12.0 Å². The van der Waals surface area contributed by atoms with Crippen LogP contribution in [0.3, 0.4) is 0 Å². The first kappa shape index (κ1) is 15.8. The lowest BCUT2D eigenvalue weighted by molar-refractivity contribution is -0.136. The average molecular weight is 330 g/mol. The van der Waals surface area contributed by atoms with Gasteiger partial charge in [-0.2, -0.15) is 0 Å². The van der Waals surface area contributed by atoms with E-state index in [1.54, 1.807) is 31.2 Å². The van der Waals surface area contributed by atoms with Crippen LogP contribution >= 0.6 is 0 Å². The lowest BCUT2D eigenvalue weighted by Gasteiger charge is -2.26. The van der Waals surface area contributed by atoms with Gasteiger partial charge in [0.15, 0.2) is 0 Å². The maximum Gasteiger partial charge on any atom is 0.338 e. The largest absolute Gasteiger partial charge is 0.466 e. The van der Waals surface area contributed by atoms with Crippen LogP contribution in [0.2, 0.25) is 0 Å². The predicted molar refractivity (Wildman–Crippen MR) is 83.2 cm³/mol. The molecule has 2 amide bonds. The third kappa shape index (κ3) is 2.88. The number of hydrogen-bond acceptors (Lipinski definition) is 4. The van der Waals surface area contributed by atoms with Crippen LogP contribution in [-0.4, -0.2) is 19.1 Å². The second-order valence-electron chi connectivity index (χ2n) is 5.27. The zero-order chi connectivity index (χ0) is 17.3. The van der Waals surface area contributed by atoms with Gasteiger partial charge in [0, 0.05) is 11.3 Å². The fourth-order valence-electron chi connectivity index (χ4n) is 2.57. The maximum atomic E-state index is 13.0. The van der Waals surface area contributed by atoms with Crippen LogP contribution in [-0.2, 0) is 9.53 Å². The standard InChI is InChI=1S/C17H15FN2O4/c1-9-14(16(21)23-2)15(20-17(22)19-9)13-8-7-12(24-13)10-3-5-11(18)6-4-10/h3-8,15H,1-2H3,(H2,19,20,22)/t15-/m0/s1. The zero-order valence-electron chi connectivity index (χ0n) is 13.1. The first-order valence-corrected chi connectivity index (χ1v) is 7.22. The van der Waals surface area contributed by atoms with Crippen LogP contribution in [0.5, 0.6) is 0 Å². The number of nitrogens with one attached hydrogen (secondary N) is 2. The first-order chi connectivity index (χ1) is 11.5. The zero-order valence-corrected chi connectivity index (χ0v) is 13.1. The Morgan fingerprint density at radius 3 is 2.58 bits per heavy atom. The van der Waals surface area contributed by atoms with Gasteiger partial charge in [-0.1, -0.05) is 0 Å². The molecule has 1 aliphatic heterocycles. The quantitative estimate of drug-likeness (QED) is 0.848. The van der Waals surface area contributed by atoms with Crippen molar-refractivity contribution in [2.75, 3.05) is 7.11 Å². The number of urea groups is 1. The van der Waals surface area contributed by atoms with Crippen LogP contribution in [0.15, 0.2) is 52.1 Å². The molecule has 6 nitrogen and oxygen atoms in total. The highest BCUT2D eigenvalue weighted by Gasteiger charge is 2.33. The molecule has 0 saturated carbocycles. The van der Waals surface area contributed by atoms with Crippen molar-refractivity contribution < 1.29 is 23.1 Å². The molecule has 2 N–H and O–H groups in total. The Bertz CT molecular complexity index is 823. The van der Waals surface area contributed by atoms with E-state index in [1.165, 1.54) is 19.2 Å². The van der Waals surface area contributed by atoms with E-state index in [9.17, 15) is 14.0 Å². The van der Waals surface area contributed by atoms with E-state index >= 15 is 0 Å². The second kappa shape index (κ2) is 6.19. The number of furan rings is 1. The van der Waals surface area contributed by atoms with Gasteiger partial charge in [0.1, 0.15) is 23.4 Å². The van der Waals surface area contributed by atoms with Crippen molar-refractivity contribution in [1.82, 2.24) is 10.6 Å². The van der Waals surface area contributed by atoms with E-state index in [1.807, 2.05) is 0 Å². The molecule has 124 valence electrons. The van der Waals surface area contributed by atoms with E-state index in [0.717, 1.165) is 0 Å². The normalized spacial score (nSPS) is 17.3. The van der Waals surface area contributed by atoms with E-state index in [-0.39, 0.29) is 11.4 Å². The topological polar surface area (TPSA) is 80.6 Å². The van der Waals surface area contributed by atoms with Crippen molar-refractivity contribution in [1.29, 1.82) is 0 Å². The number of amides is 2. The molecule has 7 heteroatoms. The van der Waals surface area contributed by atoms with Crippen molar-refractivity contribution in [3.05, 3.63) is 59.2 Å². The van der Waals surface area contributed by atoms with Crippen molar-refractivity contribution in [3.8, 4) is 11.3 Å². The van der Waals surface area contributed by atoms with Gasteiger partial charge in [-0.05, 0) is 43.3 Å². The monoisotopic (exact) mass is 330 g/mol. The van der Waals surface area contributed by atoms with Gasteiger partial charge in [-0.25, -0.2) is 14.0 Å². The van der Waals surface area contributed by atoms with Crippen molar-refractivity contribution in [2.45, 2.75) is 13.0 Å². The Morgan fingerprint density at radius 1 is 1.21 bits per heavy atom. The lowest BCUT2D eigenvalue weighted by atomic mass is 10.0. The Balaban J connectivity index is 1.98. The predicted octanol–water partition coefficient (Wildman–Crippen LogP) is 2.89. The molecule has 1 atom stereocenters. The van der Waals surface area contributed by atoms with Gasteiger partial charge < -0.3 is 19.8 Å². The highest BCUT2D eigenvalue weighted by Crippen LogP contribution is 2.31. The Morgan fingerprint density at radius 2 is 1.92 bits per heavy atom. The van der Waals surface area contributed by atoms with Gasteiger partial charge in [-0.3, -0.25) is 0 Å². The lowest BCUT2D eigenvalue weighted by Crippen LogP contribution is -2.45. The fraction of sp³-hybridized carbons (Fsp3) is 0.176. The van der Waals surface area contributed by atoms with Crippen LogP contribution in [0.1, 0.15) is 18.7 Å². The Kier molecular flexibility index (Phi) is 4.07. The summed E-state index contributed by atoms with van der Waals surface area (Å²) < 4.78 is 23.6. The fourth-order valence-corrected chi connectivity index (χ4v) is 2.57. The minimum atomic E-state index is -0.764. The number of ether oxygens (including phenoxy) is 1. The first-order valence-electron chi connectivity index (χ1n) is 7.22. The summed E-state index contributed by atoms with van der Waals surface area (Å²) >= 11 is 0. The molecular formula is C17H15FN2O4. The molecule has 2 aromatic rings. The molecule has 0 aliphatic carbocycles. The smallest absolute Gasteiger partial charge is 0.338 e. The van der Waals surface area contributed by atoms with E-state index < -0.39 is 18.0 Å². The molecule has 2 heterocycles. The number of allylic oxidation sites excluding steroid dienone is 1. The summed E-state index contributed by atoms with van der Waals surface area (Å²) in [5.74, 6) is -0.0315. The summed E-state index contributed by atoms with van der Waals surface area (Å²) in [5, 5.41) is 5.17. The molecule has 0 spiro atoms. The number of halogens is 1. The summed E-state index contributed by atoms with van der Waals surface area (Å²) in [4.78, 5) is 23.8. The number of rotatable bonds is 3. The molecule has 3 rings (SSSR count). The number of methoxy groups -OCH3 is 1. The van der Waals surface area contributed by atoms with E-state index in [0.29, 0.717) is 22.8 Å². The third-order valence-corrected chi connectivity index (χ3v) is 3.71. The van der Waals surface area contributed by atoms with Crippen LogP contribution < -0.4 is 10.6 Å². The summed E-state index contributed by atoms with van der Waals surface area (Å²) in [5.41, 5.74) is 1.34. The third-order valence-electron chi connectivity index (χ3n) is 3.71. The Labute approximate surface area is 137 Å². The van der Waals surface area contributed by atoms with Gasteiger partial charge in [-0.15, -0.1) is 0 Å². The van der Waals surface area contributed by atoms with Crippen molar-refractivity contribution in [3.63, 3.8) is 0 Å². The van der Waals surface area contributed by atoms with Crippen LogP contribution in [0, 0.1) is 5.82 Å². The number of carbonyl (C=O) groups excluding carboxylic acids is 2. The molecule has 0 unspecified atom stereocenters. The Hall–Kier alpha value is -3.09. The number of esters is 1.